The van der Waals surface area contributed by atoms with Crippen molar-refractivity contribution < 1.29 is 14.3 Å². The van der Waals surface area contributed by atoms with Gasteiger partial charge in [0.25, 0.3) is 5.56 Å². The van der Waals surface area contributed by atoms with E-state index < -0.39 is 0 Å². The largest absolute Gasteiger partial charge is 0.493 e. The Morgan fingerprint density at radius 3 is 2.73 bits per heavy atom. The summed E-state index contributed by atoms with van der Waals surface area (Å²) in [5, 5.41) is 0. The molecule has 3 heterocycles. The van der Waals surface area contributed by atoms with Crippen molar-refractivity contribution in [2.45, 2.75) is 33.1 Å². The quantitative estimate of drug-likeness (QED) is 0.527. The zero-order valence-electron chi connectivity index (χ0n) is 19.8. The van der Waals surface area contributed by atoms with E-state index >= 15 is 0 Å². The lowest BCUT2D eigenvalue weighted by molar-refractivity contribution is 0.0371. The van der Waals surface area contributed by atoms with Gasteiger partial charge in [0.2, 0.25) is 0 Å². The molecule has 1 aromatic carbocycles. The summed E-state index contributed by atoms with van der Waals surface area (Å²) < 4.78 is 13.0. The van der Waals surface area contributed by atoms with Gasteiger partial charge in [-0.3, -0.25) is 14.5 Å². The number of aromatic nitrogens is 3. The maximum Gasteiger partial charge on any atom is 0.275 e. The molecule has 1 fully saturated rings. The zero-order chi connectivity index (χ0) is 23.5. The zero-order valence-corrected chi connectivity index (χ0v) is 19.8. The van der Waals surface area contributed by atoms with Gasteiger partial charge in [0.1, 0.15) is 17.1 Å². The summed E-state index contributed by atoms with van der Waals surface area (Å²) in [5.41, 5.74) is 3.25. The third kappa shape index (κ3) is 4.72. The SMILES string of the molecule is CCOc1ccc(C(=O)CN2CCOCC2)cc1-c1nc2c(C(C)CC)cn(C)c2c(=O)[nH]1. The normalized spacial score (nSPS) is 15.6. The second-order valence-electron chi connectivity index (χ2n) is 8.57. The summed E-state index contributed by atoms with van der Waals surface area (Å²) in [6, 6.07) is 5.35. The van der Waals surface area contributed by atoms with Gasteiger partial charge in [-0.25, -0.2) is 4.98 Å². The first-order chi connectivity index (χ1) is 15.9. The minimum atomic E-state index is -0.209. The lowest BCUT2D eigenvalue weighted by atomic mass is 10.0. The Morgan fingerprint density at radius 1 is 1.27 bits per heavy atom. The molecule has 0 radical (unpaired) electrons. The van der Waals surface area contributed by atoms with Gasteiger partial charge in [-0.05, 0) is 43.0 Å². The van der Waals surface area contributed by atoms with Gasteiger partial charge in [0.05, 0.1) is 37.4 Å². The molecule has 0 spiro atoms. The number of ether oxygens (including phenoxy) is 2. The molecule has 1 aliphatic rings. The molecule has 1 saturated heterocycles. The monoisotopic (exact) mass is 452 g/mol. The van der Waals surface area contributed by atoms with Crippen molar-refractivity contribution in [1.29, 1.82) is 0 Å². The molecule has 33 heavy (non-hydrogen) atoms. The Kier molecular flexibility index (Phi) is 6.95. The summed E-state index contributed by atoms with van der Waals surface area (Å²) in [6.07, 6.45) is 2.93. The van der Waals surface area contributed by atoms with E-state index in [1.54, 1.807) is 18.2 Å². The molecule has 0 bridgehead atoms. The number of hydrogen-bond donors (Lipinski definition) is 1. The molecule has 1 unspecified atom stereocenters. The molecule has 1 atom stereocenters. The standard InChI is InChI=1S/C25H32N4O4/c1-5-16(3)19-14-28(4)23-22(19)26-24(27-25(23)31)18-13-17(7-8-21(18)33-6-2)20(30)15-29-9-11-32-12-10-29/h7-8,13-14,16H,5-6,9-12,15H2,1-4H3,(H,26,27,31). The average Bonchev–Trinajstić information content (AvgIpc) is 3.16. The average molecular weight is 453 g/mol. The number of ketones is 1. The Hall–Kier alpha value is -2.97. The fourth-order valence-corrected chi connectivity index (χ4v) is 4.26. The third-order valence-corrected chi connectivity index (χ3v) is 6.32. The summed E-state index contributed by atoms with van der Waals surface area (Å²) in [5.74, 6) is 1.28. The summed E-state index contributed by atoms with van der Waals surface area (Å²) in [7, 11) is 1.86. The van der Waals surface area contributed by atoms with E-state index in [1.807, 2.05) is 24.7 Å². The van der Waals surface area contributed by atoms with Crippen LogP contribution >= 0.6 is 0 Å². The van der Waals surface area contributed by atoms with E-state index in [9.17, 15) is 9.59 Å². The van der Waals surface area contributed by atoms with Crippen molar-refractivity contribution in [2.75, 3.05) is 39.5 Å². The van der Waals surface area contributed by atoms with Crippen molar-refractivity contribution in [3.05, 3.63) is 45.9 Å². The van der Waals surface area contributed by atoms with Gasteiger partial charge < -0.3 is 19.0 Å². The van der Waals surface area contributed by atoms with Crippen molar-refractivity contribution in [3.8, 4) is 17.1 Å². The molecule has 0 saturated carbocycles. The van der Waals surface area contributed by atoms with E-state index in [1.165, 1.54) is 0 Å². The summed E-state index contributed by atoms with van der Waals surface area (Å²) in [4.78, 5) is 35.9. The van der Waals surface area contributed by atoms with Crippen LogP contribution < -0.4 is 10.3 Å². The Morgan fingerprint density at radius 2 is 2.03 bits per heavy atom. The highest BCUT2D eigenvalue weighted by atomic mass is 16.5. The third-order valence-electron chi connectivity index (χ3n) is 6.32. The molecule has 176 valence electrons. The number of aryl methyl sites for hydroxylation is 1. The lowest BCUT2D eigenvalue weighted by Crippen LogP contribution is -2.39. The van der Waals surface area contributed by atoms with E-state index in [2.05, 4.69) is 23.7 Å². The Balaban J connectivity index is 1.78. The van der Waals surface area contributed by atoms with Crippen LogP contribution in [-0.2, 0) is 11.8 Å². The summed E-state index contributed by atoms with van der Waals surface area (Å²) >= 11 is 0. The number of H-pyrrole nitrogens is 1. The maximum absolute atomic E-state index is 13.0. The first kappa shape index (κ1) is 23.2. The number of aromatic amines is 1. The van der Waals surface area contributed by atoms with Crippen molar-refractivity contribution in [1.82, 2.24) is 19.4 Å². The number of carbonyl (C=O) groups excluding carboxylic acids is 1. The number of rotatable bonds is 8. The van der Waals surface area contributed by atoms with Gasteiger partial charge in [-0.1, -0.05) is 13.8 Å². The van der Waals surface area contributed by atoms with Gasteiger partial charge in [-0.15, -0.1) is 0 Å². The Bertz CT molecular complexity index is 1210. The van der Waals surface area contributed by atoms with Gasteiger partial charge in [0.15, 0.2) is 5.78 Å². The van der Waals surface area contributed by atoms with Crippen LogP contribution in [0.5, 0.6) is 5.75 Å². The molecule has 0 aliphatic carbocycles. The van der Waals surface area contributed by atoms with Gasteiger partial charge >= 0.3 is 0 Å². The molecule has 1 N–H and O–H groups in total. The summed E-state index contributed by atoms with van der Waals surface area (Å²) in [6.45, 7) is 9.72. The maximum atomic E-state index is 13.0. The molecular formula is C25H32N4O4. The topological polar surface area (TPSA) is 89.4 Å². The van der Waals surface area contributed by atoms with Crippen molar-refractivity contribution in [2.24, 2.45) is 7.05 Å². The number of fused-ring (bicyclic) bond motifs is 1. The number of hydrogen-bond acceptors (Lipinski definition) is 6. The lowest BCUT2D eigenvalue weighted by Gasteiger charge is -2.25. The molecule has 2 aromatic heterocycles. The van der Waals surface area contributed by atoms with Crippen LogP contribution in [0, 0.1) is 0 Å². The minimum Gasteiger partial charge on any atom is -0.493 e. The number of nitrogens with one attached hydrogen (secondary N) is 1. The van der Waals surface area contributed by atoms with Crippen molar-refractivity contribution >= 4 is 16.8 Å². The smallest absolute Gasteiger partial charge is 0.275 e. The highest BCUT2D eigenvalue weighted by molar-refractivity contribution is 5.99. The van der Waals surface area contributed by atoms with E-state index in [4.69, 9.17) is 14.5 Å². The number of morpholine rings is 1. The number of nitrogens with zero attached hydrogens (tertiary/aromatic N) is 3. The van der Waals surface area contributed by atoms with E-state index in [-0.39, 0.29) is 17.3 Å². The van der Waals surface area contributed by atoms with Crippen LogP contribution in [-0.4, -0.2) is 64.7 Å². The molecule has 8 nitrogen and oxygen atoms in total. The van der Waals surface area contributed by atoms with Crippen LogP contribution in [0.2, 0.25) is 0 Å². The second-order valence-corrected chi connectivity index (χ2v) is 8.57. The molecule has 4 rings (SSSR count). The van der Waals surface area contributed by atoms with Crippen LogP contribution in [0.4, 0.5) is 0 Å². The fourth-order valence-electron chi connectivity index (χ4n) is 4.26. The highest BCUT2D eigenvalue weighted by Gasteiger charge is 2.21. The molecule has 8 heteroatoms. The number of benzene rings is 1. The van der Waals surface area contributed by atoms with Crippen LogP contribution in [0.1, 0.15) is 49.0 Å². The fraction of sp³-hybridized carbons (Fsp3) is 0.480. The van der Waals surface area contributed by atoms with Gasteiger partial charge in [-0.2, -0.15) is 0 Å². The molecule has 3 aromatic rings. The first-order valence-electron chi connectivity index (χ1n) is 11.6. The van der Waals surface area contributed by atoms with Crippen LogP contribution in [0.3, 0.4) is 0 Å². The van der Waals surface area contributed by atoms with E-state index in [0.29, 0.717) is 60.1 Å². The molecule has 1 aliphatic heterocycles. The predicted octanol–water partition coefficient (Wildman–Crippen LogP) is 3.36. The predicted molar refractivity (Wildman–Crippen MR) is 128 cm³/mol. The molecular weight excluding hydrogens is 420 g/mol. The van der Waals surface area contributed by atoms with Crippen molar-refractivity contribution in [3.63, 3.8) is 0 Å². The number of carbonyl (C=O) groups is 1. The highest BCUT2D eigenvalue weighted by Crippen LogP contribution is 2.32. The number of Topliss-reactive ketones (excluding diaryl/α,β-unsaturated/α-hetero) is 1. The van der Waals surface area contributed by atoms with Crippen LogP contribution in [0.15, 0.2) is 29.2 Å². The van der Waals surface area contributed by atoms with E-state index in [0.717, 1.165) is 25.1 Å². The second kappa shape index (κ2) is 9.89. The van der Waals surface area contributed by atoms with Gasteiger partial charge in [0, 0.05) is 31.9 Å². The first-order valence-corrected chi connectivity index (χ1v) is 11.6. The van der Waals surface area contributed by atoms with Crippen LogP contribution in [0.25, 0.3) is 22.4 Å². The Labute approximate surface area is 193 Å². The minimum absolute atomic E-state index is 0.0182. The molecule has 0 amide bonds.